The number of hydrogen-bond donors (Lipinski definition) is 2. The molecule has 5 rings (SSSR count). The van der Waals surface area contributed by atoms with E-state index in [9.17, 15) is 0 Å². The summed E-state index contributed by atoms with van der Waals surface area (Å²) in [5.41, 5.74) is 14.7. The third kappa shape index (κ3) is 4.66. The zero-order valence-electron chi connectivity index (χ0n) is 19.5. The molecule has 0 spiro atoms. The monoisotopic (exact) mass is 481 g/mol. The lowest BCUT2D eigenvalue weighted by Crippen LogP contribution is -2.36. The predicted molar refractivity (Wildman–Crippen MR) is 139 cm³/mol. The Bertz CT molecular complexity index is 1270. The highest BCUT2D eigenvalue weighted by Crippen LogP contribution is 2.35. The van der Waals surface area contributed by atoms with Crippen molar-refractivity contribution in [1.82, 2.24) is 24.6 Å². The van der Waals surface area contributed by atoms with Crippen LogP contribution in [0.5, 0.6) is 5.75 Å². The third-order valence-corrected chi connectivity index (χ3v) is 6.50. The number of likely N-dealkylation sites (tertiary alicyclic amines) is 1. The average Bonchev–Trinajstić information content (AvgIpc) is 3.24. The summed E-state index contributed by atoms with van der Waals surface area (Å²) < 4.78 is 7.72. The van der Waals surface area contributed by atoms with Crippen LogP contribution in [0.2, 0.25) is 0 Å². The van der Waals surface area contributed by atoms with Crippen molar-refractivity contribution in [2.24, 2.45) is 5.73 Å². The maximum absolute atomic E-state index is 6.34. The van der Waals surface area contributed by atoms with E-state index in [2.05, 4.69) is 49.9 Å². The van der Waals surface area contributed by atoms with Gasteiger partial charge in [0.05, 0.1) is 18.0 Å². The van der Waals surface area contributed by atoms with Crippen molar-refractivity contribution < 1.29 is 4.74 Å². The van der Waals surface area contributed by atoms with E-state index in [1.807, 2.05) is 13.0 Å². The van der Waals surface area contributed by atoms with Crippen molar-refractivity contribution in [2.75, 3.05) is 38.5 Å². The molecule has 1 aliphatic rings. The molecule has 9 heteroatoms. The molecule has 1 fully saturated rings. The minimum Gasteiger partial charge on any atom is -0.494 e. The highest BCUT2D eigenvalue weighted by atomic mass is 35.5. The number of aromatic nitrogens is 4. The molecule has 4 aromatic rings. The van der Waals surface area contributed by atoms with Gasteiger partial charge in [-0.1, -0.05) is 18.2 Å². The van der Waals surface area contributed by atoms with E-state index in [1.54, 1.807) is 0 Å². The SMILES string of the molecule is CCOc1ccc2cc(-c3nn(C4CCN(CCCN)CC4)c4ncnc(N)c34)ccc2c1.Cl. The van der Waals surface area contributed by atoms with Crippen LogP contribution >= 0.6 is 12.4 Å². The van der Waals surface area contributed by atoms with Gasteiger partial charge in [-0.3, -0.25) is 0 Å². The van der Waals surface area contributed by atoms with Crippen LogP contribution in [0.4, 0.5) is 5.82 Å². The summed E-state index contributed by atoms with van der Waals surface area (Å²) in [5, 5.41) is 8.14. The van der Waals surface area contributed by atoms with Gasteiger partial charge in [0.15, 0.2) is 5.65 Å². The highest BCUT2D eigenvalue weighted by molar-refractivity contribution is 6.00. The Labute approximate surface area is 205 Å². The molecule has 2 aromatic carbocycles. The summed E-state index contributed by atoms with van der Waals surface area (Å²) in [4.78, 5) is 11.3. The van der Waals surface area contributed by atoms with E-state index in [0.717, 1.165) is 84.3 Å². The standard InChI is InChI=1S/C25H31N7O.ClH/c1-2-33-21-7-6-17-14-19(5-4-18(17)15-21)23-22-24(27)28-16-29-25(22)32(30-23)20-8-12-31(13-9-20)11-3-10-26;/h4-7,14-16,20H,2-3,8-13,26H2,1H3,(H2,27,28,29);1H. The van der Waals surface area contributed by atoms with Gasteiger partial charge >= 0.3 is 0 Å². The summed E-state index contributed by atoms with van der Waals surface area (Å²) >= 11 is 0. The molecule has 3 heterocycles. The zero-order chi connectivity index (χ0) is 22.8. The van der Waals surface area contributed by atoms with Crippen molar-refractivity contribution in [3.8, 4) is 17.0 Å². The number of hydrogen-bond acceptors (Lipinski definition) is 7. The van der Waals surface area contributed by atoms with Gasteiger partial charge in [0, 0.05) is 18.7 Å². The Hall–Kier alpha value is -2.94. The maximum Gasteiger partial charge on any atom is 0.164 e. The molecule has 1 aliphatic heterocycles. The van der Waals surface area contributed by atoms with E-state index in [1.165, 1.54) is 6.33 Å². The summed E-state index contributed by atoms with van der Waals surface area (Å²) in [6, 6.07) is 12.8. The first-order valence-electron chi connectivity index (χ1n) is 11.8. The smallest absolute Gasteiger partial charge is 0.164 e. The van der Waals surface area contributed by atoms with Crippen LogP contribution in [0.25, 0.3) is 33.1 Å². The fourth-order valence-corrected chi connectivity index (χ4v) is 4.78. The first-order chi connectivity index (χ1) is 16.2. The van der Waals surface area contributed by atoms with Crippen LogP contribution in [0.3, 0.4) is 0 Å². The van der Waals surface area contributed by atoms with Gasteiger partial charge in [-0.05, 0) is 68.2 Å². The van der Waals surface area contributed by atoms with Gasteiger partial charge < -0.3 is 21.1 Å². The second-order valence-corrected chi connectivity index (χ2v) is 8.62. The second kappa shape index (κ2) is 10.5. The molecule has 0 atom stereocenters. The highest BCUT2D eigenvalue weighted by Gasteiger charge is 2.26. The first-order valence-corrected chi connectivity index (χ1v) is 11.8. The van der Waals surface area contributed by atoms with Crippen molar-refractivity contribution in [3.05, 3.63) is 42.7 Å². The normalized spacial score (nSPS) is 15.0. The van der Waals surface area contributed by atoms with Crippen LogP contribution in [0, 0.1) is 0 Å². The van der Waals surface area contributed by atoms with E-state index >= 15 is 0 Å². The van der Waals surface area contributed by atoms with Gasteiger partial charge in [0.25, 0.3) is 0 Å². The van der Waals surface area contributed by atoms with E-state index in [0.29, 0.717) is 18.5 Å². The predicted octanol–water partition coefficient (Wildman–Crippen LogP) is 4.03. The van der Waals surface area contributed by atoms with Crippen LogP contribution < -0.4 is 16.2 Å². The van der Waals surface area contributed by atoms with Crippen molar-refractivity contribution in [3.63, 3.8) is 0 Å². The van der Waals surface area contributed by atoms with Crippen LogP contribution in [-0.4, -0.2) is 57.4 Å². The Morgan fingerprint density at radius 3 is 2.59 bits per heavy atom. The maximum atomic E-state index is 6.34. The van der Waals surface area contributed by atoms with E-state index in [-0.39, 0.29) is 12.4 Å². The van der Waals surface area contributed by atoms with Crippen LogP contribution in [0.15, 0.2) is 42.7 Å². The van der Waals surface area contributed by atoms with E-state index in [4.69, 9.17) is 21.3 Å². The number of anilines is 1. The molecule has 2 aromatic heterocycles. The number of ether oxygens (including phenoxy) is 1. The van der Waals surface area contributed by atoms with Gasteiger partial charge in [-0.15, -0.1) is 12.4 Å². The fourth-order valence-electron chi connectivity index (χ4n) is 4.78. The lowest BCUT2D eigenvalue weighted by molar-refractivity contribution is 0.181. The summed E-state index contributed by atoms with van der Waals surface area (Å²) in [6.45, 7) is 6.52. The molecule has 0 radical (unpaired) electrons. The number of benzene rings is 2. The average molecular weight is 482 g/mol. The van der Waals surface area contributed by atoms with Gasteiger partial charge in [0.1, 0.15) is 23.6 Å². The number of piperidine rings is 1. The number of nitrogens with two attached hydrogens (primary N) is 2. The Morgan fingerprint density at radius 1 is 1.06 bits per heavy atom. The van der Waals surface area contributed by atoms with Gasteiger partial charge in [-0.25, -0.2) is 14.6 Å². The molecular formula is C25H32ClN7O. The molecule has 8 nitrogen and oxygen atoms in total. The quantitative estimate of drug-likeness (QED) is 0.410. The third-order valence-electron chi connectivity index (χ3n) is 6.50. The minimum absolute atomic E-state index is 0. The van der Waals surface area contributed by atoms with E-state index < -0.39 is 0 Å². The number of rotatable bonds is 7. The lowest BCUT2D eigenvalue weighted by atomic mass is 10.0. The van der Waals surface area contributed by atoms with Crippen molar-refractivity contribution >= 4 is 40.0 Å². The molecule has 180 valence electrons. The van der Waals surface area contributed by atoms with Gasteiger partial charge in [0.2, 0.25) is 0 Å². The molecule has 1 saturated heterocycles. The Balaban J connectivity index is 0.00000274. The Morgan fingerprint density at radius 2 is 1.82 bits per heavy atom. The number of fused-ring (bicyclic) bond motifs is 2. The largest absolute Gasteiger partial charge is 0.494 e. The number of nitrogen functional groups attached to an aromatic ring is 1. The number of halogens is 1. The number of nitrogens with zero attached hydrogens (tertiary/aromatic N) is 5. The molecule has 0 saturated carbocycles. The fraction of sp³-hybridized carbons (Fsp3) is 0.400. The molecule has 0 bridgehead atoms. The summed E-state index contributed by atoms with van der Waals surface area (Å²) in [7, 11) is 0. The molecule has 0 amide bonds. The first kappa shape index (κ1) is 24.2. The van der Waals surface area contributed by atoms with Gasteiger partial charge in [-0.2, -0.15) is 5.10 Å². The minimum atomic E-state index is 0. The summed E-state index contributed by atoms with van der Waals surface area (Å²) in [6.07, 6.45) is 4.63. The Kier molecular flexibility index (Phi) is 7.50. The summed E-state index contributed by atoms with van der Waals surface area (Å²) in [5.74, 6) is 1.34. The topological polar surface area (TPSA) is 108 Å². The molecule has 0 aliphatic carbocycles. The molecule has 0 unspecified atom stereocenters. The van der Waals surface area contributed by atoms with Crippen molar-refractivity contribution in [1.29, 1.82) is 0 Å². The van der Waals surface area contributed by atoms with Crippen LogP contribution in [0.1, 0.15) is 32.2 Å². The molecule has 4 N–H and O–H groups in total. The lowest BCUT2D eigenvalue weighted by Gasteiger charge is -2.32. The van der Waals surface area contributed by atoms with Crippen molar-refractivity contribution in [2.45, 2.75) is 32.2 Å². The molecular weight excluding hydrogens is 450 g/mol. The molecule has 34 heavy (non-hydrogen) atoms. The van der Waals surface area contributed by atoms with Crippen LogP contribution in [-0.2, 0) is 0 Å². The second-order valence-electron chi connectivity index (χ2n) is 8.62. The zero-order valence-corrected chi connectivity index (χ0v) is 20.3.